The van der Waals surface area contributed by atoms with Gasteiger partial charge in [0.15, 0.2) is 11.5 Å². The Bertz CT molecular complexity index is 1260. The van der Waals surface area contributed by atoms with Crippen molar-refractivity contribution in [3.8, 4) is 11.5 Å². The average molecular weight is 521 g/mol. The molecule has 0 saturated heterocycles. The van der Waals surface area contributed by atoms with Crippen LogP contribution in [0.3, 0.4) is 0 Å². The Kier molecular flexibility index (Phi) is 6.56. The average Bonchev–Trinajstić information content (AvgIpc) is 2.79. The topological polar surface area (TPSA) is 30.8 Å². The van der Waals surface area contributed by atoms with E-state index in [4.69, 9.17) is 9.47 Å². The molecule has 156 valence electrons. The number of halogens is 1. The summed E-state index contributed by atoms with van der Waals surface area (Å²) in [5.41, 5.74) is 5.52. The van der Waals surface area contributed by atoms with E-state index in [1.54, 1.807) is 7.11 Å². The molecule has 0 saturated carbocycles. The number of aliphatic imine (C=N–C) groups is 1. The zero-order valence-corrected chi connectivity index (χ0v) is 20.0. The van der Waals surface area contributed by atoms with Crippen LogP contribution in [0.1, 0.15) is 22.3 Å². The monoisotopic (exact) mass is 521 g/mol. The third kappa shape index (κ3) is 4.74. The van der Waals surface area contributed by atoms with Gasteiger partial charge >= 0.3 is 0 Å². The number of nitrogens with zero attached hydrogens (tertiary/aromatic N) is 1. The van der Waals surface area contributed by atoms with Gasteiger partial charge in [0, 0.05) is 6.21 Å². The third-order valence-corrected chi connectivity index (χ3v) is 6.23. The summed E-state index contributed by atoms with van der Waals surface area (Å²) >= 11 is 2.30. The van der Waals surface area contributed by atoms with E-state index in [1.807, 2.05) is 24.4 Å². The van der Waals surface area contributed by atoms with Crippen LogP contribution in [-0.2, 0) is 6.61 Å². The molecule has 0 aliphatic carbocycles. The normalized spacial score (nSPS) is 11.2. The van der Waals surface area contributed by atoms with E-state index in [0.717, 1.165) is 26.1 Å². The summed E-state index contributed by atoms with van der Waals surface area (Å²) in [6.07, 6.45) is 1.88. The second-order valence-corrected chi connectivity index (χ2v) is 8.60. The molecule has 4 aromatic rings. The van der Waals surface area contributed by atoms with E-state index in [1.165, 1.54) is 21.9 Å². The van der Waals surface area contributed by atoms with Crippen LogP contribution in [0.25, 0.3) is 10.8 Å². The predicted octanol–water partition coefficient (Wildman–Crippen LogP) is 7.40. The van der Waals surface area contributed by atoms with Gasteiger partial charge in [-0.05, 0) is 87.7 Å². The molecule has 31 heavy (non-hydrogen) atoms. The maximum absolute atomic E-state index is 6.23. The number of methoxy groups -OCH3 is 1. The van der Waals surface area contributed by atoms with E-state index < -0.39 is 0 Å². The molecule has 4 aromatic carbocycles. The zero-order valence-electron chi connectivity index (χ0n) is 17.9. The Morgan fingerprint density at radius 1 is 0.935 bits per heavy atom. The van der Waals surface area contributed by atoms with Crippen molar-refractivity contribution in [3.63, 3.8) is 0 Å². The third-order valence-electron chi connectivity index (χ3n) is 5.43. The van der Waals surface area contributed by atoms with Crippen LogP contribution in [0.4, 0.5) is 5.69 Å². The van der Waals surface area contributed by atoms with Crippen molar-refractivity contribution in [1.29, 1.82) is 0 Å². The molecule has 0 amide bonds. The second kappa shape index (κ2) is 9.52. The van der Waals surface area contributed by atoms with Crippen LogP contribution >= 0.6 is 22.6 Å². The Balaban J connectivity index is 1.59. The summed E-state index contributed by atoms with van der Waals surface area (Å²) in [6, 6.07) is 24.8. The second-order valence-electron chi connectivity index (χ2n) is 7.44. The van der Waals surface area contributed by atoms with Crippen molar-refractivity contribution in [1.82, 2.24) is 0 Å². The number of rotatable bonds is 6. The van der Waals surface area contributed by atoms with Gasteiger partial charge in [-0.3, -0.25) is 4.99 Å². The van der Waals surface area contributed by atoms with Crippen LogP contribution in [0.5, 0.6) is 11.5 Å². The van der Waals surface area contributed by atoms with E-state index in [9.17, 15) is 0 Å². The largest absolute Gasteiger partial charge is 0.493 e. The number of hydrogen-bond donors (Lipinski definition) is 0. The summed E-state index contributed by atoms with van der Waals surface area (Å²) in [6.45, 7) is 4.67. The summed E-state index contributed by atoms with van der Waals surface area (Å²) in [5, 5.41) is 2.42. The van der Waals surface area contributed by atoms with E-state index in [-0.39, 0.29) is 0 Å². The highest BCUT2D eigenvalue weighted by Crippen LogP contribution is 2.35. The Labute approximate surface area is 196 Å². The molecule has 4 rings (SSSR count). The van der Waals surface area contributed by atoms with Gasteiger partial charge in [0.25, 0.3) is 0 Å². The predicted molar refractivity (Wildman–Crippen MR) is 137 cm³/mol. The minimum absolute atomic E-state index is 0.476. The van der Waals surface area contributed by atoms with Crippen LogP contribution in [0, 0.1) is 17.4 Å². The first-order valence-electron chi connectivity index (χ1n) is 10.1. The van der Waals surface area contributed by atoms with Gasteiger partial charge in [-0.1, -0.05) is 54.6 Å². The summed E-state index contributed by atoms with van der Waals surface area (Å²) < 4.78 is 12.9. The Hall–Kier alpha value is -2.86. The van der Waals surface area contributed by atoms with E-state index >= 15 is 0 Å². The molecule has 0 radical (unpaired) electrons. The van der Waals surface area contributed by atoms with Gasteiger partial charge in [-0.15, -0.1) is 0 Å². The Morgan fingerprint density at radius 2 is 1.71 bits per heavy atom. The molecule has 0 bridgehead atoms. The van der Waals surface area contributed by atoms with Gasteiger partial charge in [-0.25, -0.2) is 0 Å². The first-order chi connectivity index (χ1) is 15.1. The lowest BCUT2D eigenvalue weighted by Gasteiger charge is -2.14. The van der Waals surface area contributed by atoms with Crippen molar-refractivity contribution in [2.24, 2.45) is 4.99 Å². The SMILES string of the molecule is COc1cc(C=Nc2cccc(C)c2C)cc(I)c1OCc1cccc2ccccc12. The smallest absolute Gasteiger partial charge is 0.174 e. The van der Waals surface area contributed by atoms with Gasteiger partial charge in [-0.2, -0.15) is 0 Å². The van der Waals surface area contributed by atoms with Gasteiger partial charge in [0.2, 0.25) is 0 Å². The first-order valence-corrected chi connectivity index (χ1v) is 11.2. The maximum atomic E-state index is 6.23. The molecular formula is C27H24INO2. The maximum Gasteiger partial charge on any atom is 0.174 e. The molecule has 0 N–H and O–H groups in total. The molecule has 0 aliphatic heterocycles. The van der Waals surface area contributed by atoms with E-state index in [2.05, 4.69) is 96.0 Å². The van der Waals surface area contributed by atoms with Crippen molar-refractivity contribution in [2.75, 3.05) is 7.11 Å². The summed E-state index contributed by atoms with van der Waals surface area (Å²) in [5.74, 6) is 1.45. The van der Waals surface area contributed by atoms with Crippen LogP contribution in [-0.4, -0.2) is 13.3 Å². The zero-order chi connectivity index (χ0) is 21.8. The number of hydrogen-bond acceptors (Lipinski definition) is 3. The molecular weight excluding hydrogens is 497 g/mol. The van der Waals surface area contributed by atoms with Gasteiger partial charge < -0.3 is 9.47 Å². The molecule has 0 aliphatic rings. The molecule has 3 nitrogen and oxygen atoms in total. The minimum atomic E-state index is 0.476. The fraction of sp³-hybridized carbons (Fsp3) is 0.148. The molecule has 0 unspecified atom stereocenters. The van der Waals surface area contributed by atoms with Crippen molar-refractivity contribution >= 4 is 45.3 Å². The summed E-state index contributed by atoms with van der Waals surface area (Å²) in [7, 11) is 1.67. The number of benzene rings is 4. The Morgan fingerprint density at radius 3 is 2.55 bits per heavy atom. The highest BCUT2D eigenvalue weighted by molar-refractivity contribution is 14.1. The highest BCUT2D eigenvalue weighted by atomic mass is 127. The lowest BCUT2D eigenvalue weighted by Crippen LogP contribution is -2.01. The summed E-state index contributed by atoms with van der Waals surface area (Å²) in [4.78, 5) is 4.69. The first kappa shape index (κ1) is 21.4. The number of aryl methyl sites for hydroxylation is 1. The van der Waals surface area contributed by atoms with Crippen LogP contribution < -0.4 is 9.47 Å². The standard InChI is InChI=1S/C27H24INO2/c1-18-8-6-13-25(19(18)2)29-16-20-14-24(28)27(26(15-20)30-3)31-17-22-11-7-10-21-9-4-5-12-23(21)22/h4-16H,17H2,1-3H3. The fourth-order valence-electron chi connectivity index (χ4n) is 3.54. The molecule has 4 heteroatoms. The fourth-order valence-corrected chi connectivity index (χ4v) is 4.32. The quantitative estimate of drug-likeness (QED) is 0.196. The highest BCUT2D eigenvalue weighted by Gasteiger charge is 2.12. The van der Waals surface area contributed by atoms with Crippen molar-refractivity contribution < 1.29 is 9.47 Å². The lowest BCUT2D eigenvalue weighted by molar-refractivity contribution is 0.283. The van der Waals surface area contributed by atoms with Gasteiger partial charge in [0.1, 0.15) is 6.61 Å². The van der Waals surface area contributed by atoms with E-state index in [0.29, 0.717) is 12.4 Å². The molecule has 0 heterocycles. The van der Waals surface area contributed by atoms with Crippen LogP contribution in [0.2, 0.25) is 0 Å². The number of fused-ring (bicyclic) bond motifs is 1. The van der Waals surface area contributed by atoms with Gasteiger partial charge in [0.05, 0.1) is 16.4 Å². The van der Waals surface area contributed by atoms with Crippen molar-refractivity contribution in [3.05, 3.63) is 98.6 Å². The lowest BCUT2D eigenvalue weighted by atomic mass is 10.1. The molecule has 0 aromatic heterocycles. The molecule has 0 fully saturated rings. The molecule has 0 atom stereocenters. The van der Waals surface area contributed by atoms with Crippen molar-refractivity contribution in [2.45, 2.75) is 20.5 Å². The van der Waals surface area contributed by atoms with Crippen LogP contribution in [0.15, 0.2) is 77.8 Å². The minimum Gasteiger partial charge on any atom is -0.493 e. The number of ether oxygens (including phenoxy) is 2. The molecule has 0 spiro atoms.